The summed E-state index contributed by atoms with van der Waals surface area (Å²) < 4.78 is 6.61. The van der Waals surface area contributed by atoms with Crippen LogP contribution in [0.15, 0.2) is 179 Å². The van der Waals surface area contributed by atoms with Gasteiger partial charge in [0.15, 0.2) is 17.3 Å². The topological polar surface area (TPSA) is 131 Å². The van der Waals surface area contributed by atoms with Crippen LogP contribution in [-0.4, -0.2) is 32.1 Å². The van der Waals surface area contributed by atoms with Gasteiger partial charge in [-0.05, 0) is 73.3 Å². The highest BCUT2D eigenvalue weighted by Crippen LogP contribution is 2.51. The lowest BCUT2D eigenvalue weighted by Gasteiger charge is -2.24. The van der Waals surface area contributed by atoms with Crippen molar-refractivity contribution in [2.75, 3.05) is 0 Å². The minimum Gasteiger partial charge on any atom is -0.504 e. The van der Waals surface area contributed by atoms with Crippen molar-refractivity contribution < 1.29 is 24.8 Å². The number of nitrogens with one attached hydrogen (secondary N) is 1. The van der Waals surface area contributed by atoms with Crippen molar-refractivity contribution in [2.24, 2.45) is 9.98 Å². The van der Waals surface area contributed by atoms with E-state index in [1.807, 2.05) is 54.6 Å². The van der Waals surface area contributed by atoms with E-state index in [0.717, 1.165) is 49.8 Å². The third-order valence-corrected chi connectivity index (χ3v) is 11.8. The van der Waals surface area contributed by atoms with Gasteiger partial charge in [0.2, 0.25) is 11.5 Å². The van der Waals surface area contributed by atoms with E-state index >= 15 is 0 Å². The van der Waals surface area contributed by atoms with Crippen molar-refractivity contribution >= 4 is 72.0 Å². The molecule has 292 valence electrons. The molecule has 0 spiro atoms. The molecule has 0 radical (unpaired) electrons. The van der Waals surface area contributed by atoms with Gasteiger partial charge >= 0.3 is 0 Å². The van der Waals surface area contributed by atoms with Crippen molar-refractivity contribution in [3.63, 3.8) is 0 Å². The first-order chi connectivity index (χ1) is 29.9. The molecule has 0 aliphatic carbocycles. The first-order valence-corrected chi connectivity index (χ1v) is 19.9. The molecule has 61 heavy (non-hydrogen) atoms. The van der Waals surface area contributed by atoms with E-state index in [2.05, 4.69) is 103 Å². The fourth-order valence-electron chi connectivity index (χ4n) is 8.82. The summed E-state index contributed by atoms with van der Waals surface area (Å²) in [5.41, 5.74) is 6.85. The number of hydrogen-bond donors (Lipinski definition) is 5. The SMILES string of the molecule is C=Cc1c(O)c(O)c(O)c(O)c1-c1ccc(C2=NC(c3ccccc3)=NC(c3cccc4oc5cc(-c6ccc7c8ccccc8c8ccccc8c7c6)ccc5c34)N2)cc1. The minimum absolute atomic E-state index is 0.0828. The number of phenolic OH excluding ortho intramolecular Hbond substituents is 4. The molecule has 1 aliphatic heterocycles. The van der Waals surface area contributed by atoms with Crippen LogP contribution in [-0.2, 0) is 0 Å². The van der Waals surface area contributed by atoms with Crippen LogP contribution in [0.5, 0.6) is 23.0 Å². The van der Waals surface area contributed by atoms with E-state index in [0.29, 0.717) is 17.2 Å². The minimum atomic E-state index is -0.819. The molecular formula is C53H35N3O5. The summed E-state index contributed by atoms with van der Waals surface area (Å²) >= 11 is 0. The summed E-state index contributed by atoms with van der Waals surface area (Å²) in [6, 6.07) is 53.3. The van der Waals surface area contributed by atoms with Gasteiger partial charge in [-0.1, -0.05) is 146 Å². The first kappa shape index (κ1) is 35.8. The maximum Gasteiger partial charge on any atom is 0.204 e. The number of fused-ring (bicyclic) bond motifs is 9. The largest absolute Gasteiger partial charge is 0.504 e. The first-order valence-electron chi connectivity index (χ1n) is 19.9. The van der Waals surface area contributed by atoms with Crippen LogP contribution in [0.2, 0.25) is 0 Å². The van der Waals surface area contributed by atoms with Gasteiger partial charge < -0.3 is 30.2 Å². The van der Waals surface area contributed by atoms with E-state index in [4.69, 9.17) is 14.4 Å². The predicted octanol–water partition coefficient (Wildman–Crippen LogP) is 12.3. The smallest absolute Gasteiger partial charge is 0.204 e. The van der Waals surface area contributed by atoms with Crippen LogP contribution in [0.3, 0.4) is 0 Å². The van der Waals surface area contributed by atoms with Crippen molar-refractivity contribution in [1.29, 1.82) is 0 Å². The van der Waals surface area contributed by atoms with Crippen molar-refractivity contribution in [2.45, 2.75) is 6.17 Å². The number of rotatable bonds is 6. The number of furan rings is 1. The Hall–Kier alpha value is -8.36. The van der Waals surface area contributed by atoms with Crippen LogP contribution < -0.4 is 5.32 Å². The summed E-state index contributed by atoms with van der Waals surface area (Å²) in [4.78, 5) is 10.1. The number of hydrogen-bond acceptors (Lipinski definition) is 8. The third kappa shape index (κ3) is 5.68. The fraction of sp³-hybridized carbons (Fsp3) is 0.0189. The Kier molecular flexibility index (Phi) is 8.15. The Morgan fingerprint density at radius 3 is 1.75 bits per heavy atom. The Balaban J connectivity index is 0.994. The second-order valence-electron chi connectivity index (χ2n) is 15.2. The van der Waals surface area contributed by atoms with E-state index in [1.54, 1.807) is 12.1 Å². The van der Waals surface area contributed by atoms with Crippen molar-refractivity contribution in [1.82, 2.24) is 5.32 Å². The quantitative estimate of drug-likeness (QED) is 0.0647. The molecule has 10 aromatic rings. The van der Waals surface area contributed by atoms with Crippen LogP contribution in [0.4, 0.5) is 0 Å². The molecule has 8 heteroatoms. The number of aliphatic imine (C=N–C) groups is 2. The van der Waals surface area contributed by atoms with Crippen LogP contribution in [0.25, 0.3) is 82.6 Å². The van der Waals surface area contributed by atoms with Gasteiger partial charge in [0.25, 0.3) is 0 Å². The molecule has 0 saturated carbocycles. The maximum atomic E-state index is 10.8. The maximum absolute atomic E-state index is 10.8. The molecule has 11 rings (SSSR count). The normalized spacial score (nSPS) is 14.1. The van der Waals surface area contributed by atoms with E-state index < -0.39 is 29.2 Å². The highest BCUT2D eigenvalue weighted by Gasteiger charge is 2.26. The molecule has 1 aromatic heterocycles. The van der Waals surface area contributed by atoms with E-state index in [-0.39, 0.29) is 11.1 Å². The summed E-state index contributed by atoms with van der Waals surface area (Å²) in [5, 5.41) is 54.7. The van der Waals surface area contributed by atoms with Crippen molar-refractivity contribution in [3.05, 3.63) is 187 Å². The monoisotopic (exact) mass is 793 g/mol. The molecule has 1 atom stereocenters. The fourth-order valence-corrected chi connectivity index (χ4v) is 8.82. The van der Waals surface area contributed by atoms with E-state index in [9.17, 15) is 20.4 Å². The van der Waals surface area contributed by atoms with Gasteiger partial charge in [0.05, 0.1) is 0 Å². The molecule has 1 unspecified atom stereocenters. The Bertz CT molecular complexity index is 3480. The molecule has 0 fully saturated rings. The second kappa shape index (κ2) is 13.9. The molecule has 0 bridgehead atoms. The van der Waals surface area contributed by atoms with Crippen LogP contribution in [0, 0.1) is 0 Å². The summed E-state index contributed by atoms with van der Waals surface area (Å²) in [7, 11) is 0. The summed E-state index contributed by atoms with van der Waals surface area (Å²) in [6.07, 6.45) is 0.766. The zero-order valence-electron chi connectivity index (χ0n) is 32.5. The standard InChI is InChI=1S/C53H35N3O5/c1-2-34-45(48(58)50(60)49(59)47(34)57)29-19-21-31(22-20-29)52-54-51(30-11-4-3-5-12-30)55-53(56-52)41-17-10-18-43-46(41)40-26-24-33(28-44(40)61-43)32-23-25-39-37-15-7-6-13-35(37)36-14-8-9-16-38(36)42(39)27-32/h2-28,53,57-60H,1H2,(H,54,55,56). The molecule has 8 nitrogen and oxygen atoms in total. The zero-order chi connectivity index (χ0) is 41.4. The van der Waals surface area contributed by atoms with Gasteiger partial charge in [-0.3, -0.25) is 0 Å². The Morgan fingerprint density at radius 2 is 1.07 bits per heavy atom. The van der Waals surface area contributed by atoms with Gasteiger partial charge in [0, 0.05) is 38.6 Å². The summed E-state index contributed by atoms with van der Waals surface area (Å²) in [5.74, 6) is -1.67. The van der Waals surface area contributed by atoms with Crippen molar-refractivity contribution in [3.8, 4) is 45.3 Å². The highest BCUT2D eigenvalue weighted by atomic mass is 16.3. The zero-order valence-corrected chi connectivity index (χ0v) is 32.5. The number of amidine groups is 2. The van der Waals surface area contributed by atoms with Gasteiger partial charge in [-0.2, -0.15) is 0 Å². The number of nitrogens with zero attached hydrogens (tertiary/aromatic N) is 2. The molecule has 5 N–H and O–H groups in total. The summed E-state index contributed by atoms with van der Waals surface area (Å²) in [6.45, 7) is 3.72. The average Bonchev–Trinajstić information content (AvgIpc) is 3.70. The number of phenols is 4. The van der Waals surface area contributed by atoms with Gasteiger partial charge in [-0.15, -0.1) is 0 Å². The molecule has 2 heterocycles. The van der Waals surface area contributed by atoms with Crippen LogP contribution >= 0.6 is 0 Å². The lowest BCUT2D eigenvalue weighted by molar-refractivity contribution is 0.346. The highest BCUT2D eigenvalue weighted by molar-refractivity contribution is 6.26. The van der Waals surface area contributed by atoms with Gasteiger partial charge in [0.1, 0.15) is 23.2 Å². The third-order valence-electron chi connectivity index (χ3n) is 11.8. The second-order valence-corrected chi connectivity index (χ2v) is 15.2. The number of benzene rings is 9. The molecule has 9 aromatic carbocycles. The predicted molar refractivity (Wildman–Crippen MR) is 246 cm³/mol. The van der Waals surface area contributed by atoms with Crippen LogP contribution in [0.1, 0.15) is 28.4 Å². The molecule has 0 saturated heterocycles. The van der Waals surface area contributed by atoms with E-state index in [1.165, 1.54) is 38.4 Å². The molecule has 1 aliphatic rings. The molecule has 0 amide bonds. The Morgan fingerprint density at radius 1 is 0.492 bits per heavy atom. The lowest BCUT2D eigenvalue weighted by Crippen LogP contribution is -2.33. The van der Waals surface area contributed by atoms with Gasteiger partial charge in [-0.25, -0.2) is 9.98 Å². The Labute approximate surface area is 349 Å². The lowest BCUT2D eigenvalue weighted by atomic mass is 9.92. The molecular weight excluding hydrogens is 759 g/mol. The number of aromatic hydroxyl groups is 4. The average molecular weight is 794 g/mol.